The maximum absolute atomic E-state index is 11.8. The molecular weight excluding hydrogens is 306 g/mol. The van der Waals surface area contributed by atoms with Crippen molar-refractivity contribution in [3.05, 3.63) is 46.7 Å². The molecule has 1 saturated heterocycles. The fourth-order valence-electron chi connectivity index (χ4n) is 4.33. The zero-order valence-corrected chi connectivity index (χ0v) is 13.9. The van der Waals surface area contributed by atoms with E-state index < -0.39 is 11.4 Å². The Hall–Kier alpha value is -1.65. The molecule has 23 heavy (non-hydrogen) atoms. The van der Waals surface area contributed by atoms with E-state index in [0.29, 0.717) is 12.5 Å². The van der Waals surface area contributed by atoms with E-state index in [1.807, 2.05) is 6.07 Å². The van der Waals surface area contributed by atoms with Gasteiger partial charge in [0.2, 0.25) is 0 Å². The summed E-state index contributed by atoms with van der Waals surface area (Å²) in [6.07, 6.45) is 2.99. The van der Waals surface area contributed by atoms with Crippen LogP contribution in [0.5, 0.6) is 0 Å². The molecule has 1 saturated carbocycles. The normalized spacial score (nSPS) is 27.2. The third-order valence-corrected chi connectivity index (χ3v) is 6.43. The number of nitrogens with zero attached hydrogens (tertiary/aromatic N) is 1. The summed E-state index contributed by atoms with van der Waals surface area (Å²) >= 11 is 1.78. The van der Waals surface area contributed by atoms with Crippen molar-refractivity contribution < 1.29 is 9.90 Å². The summed E-state index contributed by atoms with van der Waals surface area (Å²) < 4.78 is 0. The molecule has 1 aromatic heterocycles. The van der Waals surface area contributed by atoms with Gasteiger partial charge in [-0.05, 0) is 41.3 Å². The van der Waals surface area contributed by atoms with Crippen molar-refractivity contribution in [2.75, 3.05) is 13.1 Å². The number of thiophene rings is 1. The molecule has 4 heteroatoms. The van der Waals surface area contributed by atoms with Crippen LogP contribution in [0.1, 0.15) is 24.1 Å². The monoisotopic (exact) mass is 327 g/mol. The van der Waals surface area contributed by atoms with Crippen LogP contribution in [0.2, 0.25) is 0 Å². The summed E-state index contributed by atoms with van der Waals surface area (Å²) in [7, 11) is 0. The van der Waals surface area contributed by atoms with Crippen LogP contribution in [0.4, 0.5) is 0 Å². The molecule has 3 nitrogen and oxygen atoms in total. The van der Waals surface area contributed by atoms with Gasteiger partial charge in [0.25, 0.3) is 0 Å². The van der Waals surface area contributed by atoms with Crippen LogP contribution in [-0.4, -0.2) is 29.1 Å². The van der Waals surface area contributed by atoms with Gasteiger partial charge in [0.05, 0.1) is 5.41 Å². The van der Waals surface area contributed by atoms with Crippen molar-refractivity contribution >= 4 is 17.3 Å². The molecule has 120 valence electrons. The highest BCUT2D eigenvalue weighted by atomic mass is 32.1. The van der Waals surface area contributed by atoms with Gasteiger partial charge >= 0.3 is 5.97 Å². The first-order chi connectivity index (χ1) is 11.2. The predicted octanol–water partition coefficient (Wildman–Crippen LogP) is 4.10. The second-order valence-corrected chi connectivity index (χ2v) is 7.88. The van der Waals surface area contributed by atoms with Gasteiger partial charge in [-0.15, -0.1) is 11.3 Å². The molecule has 2 heterocycles. The van der Waals surface area contributed by atoms with Gasteiger partial charge < -0.3 is 5.11 Å². The number of likely N-dealkylation sites (tertiary alicyclic amines) is 1. The number of fused-ring (bicyclic) bond motifs is 1. The first-order valence-electron chi connectivity index (χ1n) is 8.26. The summed E-state index contributed by atoms with van der Waals surface area (Å²) in [6.45, 7) is 2.53. The average Bonchev–Trinajstić information content (AvgIpc) is 3.22. The summed E-state index contributed by atoms with van der Waals surface area (Å²) in [5, 5.41) is 11.9. The van der Waals surface area contributed by atoms with E-state index in [1.54, 1.807) is 11.3 Å². The molecule has 0 radical (unpaired) electrons. The quantitative estimate of drug-likeness (QED) is 0.919. The first-order valence-corrected chi connectivity index (χ1v) is 9.14. The van der Waals surface area contributed by atoms with Crippen LogP contribution in [0.15, 0.2) is 41.8 Å². The Kier molecular flexibility index (Phi) is 3.74. The largest absolute Gasteiger partial charge is 0.481 e. The maximum Gasteiger partial charge on any atom is 0.311 e. The van der Waals surface area contributed by atoms with Crippen LogP contribution >= 0.6 is 11.3 Å². The van der Waals surface area contributed by atoms with Crippen LogP contribution in [-0.2, 0) is 11.3 Å². The first kappa shape index (κ1) is 14.9. The van der Waals surface area contributed by atoms with E-state index in [2.05, 4.69) is 40.6 Å². The van der Waals surface area contributed by atoms with E-state index >= 15 is 0 Å². The number of hydrogen-bond acceptors (Lipinski definition) is 3. The predicted molar refractivity (Wildman–Crippen MR) is 92.4 cm³/mol. The minimum atomic E-state index is -0.585. The summed E-state index contributed by atoms with van der Waals surface area (Å²) in [5.41, 5.74) is 2.03. The SMILES string of the molecule is O=C(O)[C@@]12CCC[C@H]1CN(Cc1cc(-c3ccccc3)cs1)C2. The number of aliphatic carboxylic acids is 1. The van der Waals surface area contributed by atoms with Crippen LogP contribution in [0.25, 0.3) is 11.1 Å². The molecule has 2 aromatic rings. The Balaban J connectivity index is 1.48. The summed E-state index contributed by atoms with van der Waals surface area (Å²) in [4.78, 5) is 15.4. The molecule has 0 bridgehead atoms. The van der Waals surface area contributed by atoms with Crippen molar-refractivity contribution in [1.29, 1.82) is 0 Å². The standard InChI is InChI=1S/C19H21NO2S/c21-18(22)19-8-4-7-16(19)10-20(13-19)11-17-9-15(12-23-17)14-5-2-1-3-6-14/h1-3,5-6,9,12,16H,4,7-8,10-11,13H2,(H,21,22)/t16-,19+/m0/s1. The maximum atomic E-state index is 11.8. The molecule has 0 amide bonds. The lowest BCUT2D eigenvalue weighted by molar-refractivity contribution is -0.149. The number of carbonyl (C=O) groups is 1. The molecule has 0 spiro atoms. The lowest BCUT2D eigenvalue weighted by atomic mass is 9.81. The van der Waals surface area contributed by atoms with Crippen LogP contribution in [0, 0.1) is 11.3 Å². The zero-order valence-electron chi connectivity index (χ0n) is 13.1. The second-order valence-electron chi connectivity index (χ2n) is 6.89. The Morgan fingerprint density at radius 2 is 2.13 bits per heavy atom. The summed E-state index contributed by atoms with van der Waals surface area (Å²) in [6, 6.07) is 12.7. The minimum Gasteiger partial charge on any atom is -0.481 e. The molecule has 2 fully saturated rings. The van der Waals surface area contributed by atoms with Gasteiger partial charge in [0, 0.05) is 24.5 Å². The number of rotatable bonds is 4. The fourth-order valence-corrected chi connectivity index (χ4v) is 5.26. The Morgan fingerprint density at radius 1 is 1.30 bits per heavy atom. The highest BCUT2D eigenvalue weighted by Crippen LogP contribution is 2.49. The molecule has 1 aliphatic heterocycles. The molecule has 1 N–H and O–H groups in total. The van der Waals surface area contributed by atoms with E-state index in [0.717, 1.165) is 32.4 Å². The molecule has 2 aliphatic rings. The lowest BCUT2D eigenvalue weighted by Gasteiger charge is -2.23. The lowest BCUT2D eigenvalue weighted by Crippen LogP contribution is -2.35. The van der Waals surface area contributed by atoms with E-state index in [-0.39, 0.29) is 0 Å². The van der Waals surface area contributed by atoms with Gasteiger partial charge in [-0.25, -0.2) is 0 Å². The van der Waals surface area contributed by atoms with Gasteiger partial charge in [-0.2, -0.15) is 0 Å². The molecular formula is C19H21NO2S. The minimum absolute atomic E-state index is 0.341. The molecule has 1 aromatic carbocycles. The zero-order chi connectivity index (χ0) is 15.9. The van der Waals surface area contributed by atoms with Gasteiger partial charge in [0.15, 0.2) is 0 Å². The fraction of sp³-hybridized carbons (Fsp3) is 0.421. The highest BCUT2D eigenvalue weighted by Gasteiger charge is 2.54. The van der Waals surface area contributed by atoms with Gasteiger partial charge in [-0.1, -0.05) is 36.8 Å². The molecule has 1 aliphatic carbocycles. The van der Waals surface area contributed by atoms with Crippen LogP contribution < -0.4 is 0 Å². The summed E-state index contributed by atoms with van der Waals surface area (Å²) in [5.74, 6) is -0.243. The topological polar surface area (TPSA) is 40.5 Å². The van der Waals surface area contributed by atoms with Crippen molar-refractivity contribution in [3.8, 4) is 11.1 Å². The Bertz CT molecular complexity index is 711. The van der Waals surface area contributed by atoms with Crippen molar-refractivity contribution in [2.24, 2.45) is 11.3 Å². The van der Waals surface area contributed by atoms with Crippen molar-refractivity contribution in [1.82, 2.24) is 4.90 Å². The number of carboxylic acids is 1. The number of carboxylic acid groups (broad SMARTS) is 1. The van der Waals surface area contributed by atoms with E-state index in [9.17, 15) is 9.90 Å². The molecule has 4 rings (SSSR count). The number of hydrogen-bond donors (Lipinski definition) is 1. The number of benzene rings is 1. The van der Waals surface area contributed by atoms with Crippen LogP contribution in [0.3, 0.4) is 0 Å². The van der Waals surface area contributed by atoms with Crippen molar-refractivity contribution in [2.45, 2.75) is 25.8 Å². The Morgan fingerprint density at radius 3 is 2.87 bits per heavy atom. The van der Waals surface area contributed by atoms with Gasteiger partial charge in [-0.3, -0.25) is 9.69 Å². The molecule has 0 unspecified atom stereocenters. The van der Waals surface area contributed by atoms with E-state index in [4.69, 9.17) is 0 Å². The highest BCUT2D eigenvalue weighted by molar-refractivity contribution is 7.10. The van der Waals surface area contributed by atoms with E-state index in [1.165, 1.54) is 16.0 Å². The average molecular weight is 327 g/mol. The second kappa shape index (κ2) is 5.77. The third-order valence-electron chi connectivity index (χ3n) is 5.51. The molecule has 2 atom stereocenters. The smallest absolute Gasteiger partial charge is 0.311 e. The van der Waals surface area contributed by atoms with Gasteiger partial charge in [0.1, 0.15) is 0 Å². The van der Waals surface area contributed by atoms with Crippen molar-refractivity contribution in [3.63, 3.8) is 0 Å². The Labute approximate surface area is 140 Å². The third kappa shape index (κ3) is 2.60.